The summed E-state index contributed by atoms with van der Waals surface area (Å²) in [6, 6.07) is -0.133. The van der Waals surface area contributed by atoms with Crippen LogP contribution in [0.4, 0.5) is 0 Å². The van der Waals surface area contributed by atoms with E-state index in [9.17, 15) is 13.2 Å². The van der Waals surface area contributed by atoms with E-state index in [1.165, 1.54) is 11.4 Å². The summed E-state index contributed by atoms with van der Waals surface area (Å²) in [7, 11) is -2.20. The second-order valence-corrected chi connectivity index (χ2v) is 6.46. The predicted molar refractivity (Wildman–Crippen MR) is 66.5 cm³/mol. The van der Waals surface area contributed by atoms with E-state index in [0.717, 1.165) is 19.3 Å². The summed E-state index contributed by atoms with van der Waals surface area (Å²) >= 11 is 0. The highest BCUT2D eigenvalue weighted by Crippen LogP contribution is 2.23. The van der Waals surface area contributed by atoms with Crippen LogP contribution in [-0.4, -0.2) is 55.9 Å². The Bertz CT molecular complexity index is 366. The maximum absolute atomic E-state index is 12.1. The number of piperidine rings is 1. The number of ether oxygens (including phenoxy) is 1. The van der Waals surface area contributed by atoms with Gasteiger partial charge in [0.15, 0.2) is 0 Å². The van der Waals surface area contributed by atoms with Crippen LogP contribution in [0.25, 0.3) is 0 Å². The molecule has 18 heavy (non-hydrogen) atoms. The first kappa shape index (κ1) is 15.4. The van der Waals surface area contributed by atoms with Crippen LogP contribution in [0.1, 0.15) is 32.1 Å². The van der Waals surface area contributed by atoms with Crippen LogP contribution < -0.4 is 0 Å². The summed E-state index contributed by atoms with van der Waals surface area (Å²) in [5.41, 5.74) is 0. The number of aliphatic hydroxyl groups excluding tert-OH is 1. The van der Waals surface area contributed by atoms with E-state index in [0.29, 0.717) is 13.0 Å². The highest BCUT2D eigenvalue weighted by atomic mass is 32.2. The largest absolute Gasteiger partial charge is 0.469 e. The number of carbonyl (C=O) groups excluding carboxylic acids is 1. The van der Waals surface area contributed by atoms with Gasteiger partial charge in [0.05, 0.1) is 19.3 Å². The third-order valence-corrected chi connectivity index (χ3v) is 5.10. The van der Waals surface area contributed by atoms with Crippen LogP contribution in [0.5, 0.6) is 0 Å². The third-order valence-electron chi connectivity index (χ3n) is 3.18. The first-order chi connectivity index (χ1) is 8.51. The first-order valence-electron chi connectivity index (χ1n) is 6.18. The van der Waals surface area contributed by atoms with Crippen molar-refractivity contribution in [2.24, 2.45) is 0 Å². The highest BCUT2D eigenvalue weighted by molar-refractivity contribution is 7.89. The van der Waals surface area contributed by atoms with Crippen LogP contribution in [0.2, 0.25) is 0 Å². The van der Waals surface area contributed by atoms with Gasteiger partial charge < -0.3 is 9.84 Å². The van der Waals surface area contributed by atoms with Crippen molar-refractivity contribution in [2.75, 3.05) is 26.0 Å². The molecule has 0 aromatic carbocycles. The normalized spacial score (nSPS) is 21.8. The molecule has 106 valence electrons. The smallest absolute Gasteiger partial charge is 0.306 e. The van der Waals surface area contributed by atoms with Gasteiger partial charge in [-0.15, -0.1) is 0 Å². The van der Waals surface area contributed by atoms with Crippen molar-refractivity contribution >= 4 is 16.0 Å². The number of rotatable bonds is 6. The molecule has 7 heteroatoms. The van der Waals surface area contributed by atoms with Crippen LogP contribution in [0, 0.1) is 0 Å². The topological polar surface area (TPSA) is 83.9 Å². The lowest BCUT2D eigenvalue weighted by Gasteiger charge is -2.34. The molecule has 0 bridgehead atoms. The van der Waals surface area contributed by atoms with Crippen LogP contribution in [-0.2, 0) is 19.6 Å². The number of esters is 1. The third kappa shape index (κ3) is 4.22. The van der Waals surface area contributed by atoms with Gasteiger partial charge in [0.1, 0.15) is 0 Å². The molecule has 1 unspecified atom stereocenters. The summed E-state index contributed by atoms with van der Waals surface area (Å²) in [6.07, 6.45) is 2.92. The molecule has 0 aromatic rings. The Morgan fingerprint density at radius 1 is 1.44 bits per heavy atom. The van der Waals surface area contributed by atoms with E-state index in [4.69, 9.17) is 5.11 Å². The lowest BCUT2D eigenvalue weighted by molar-refractivity contribution is -0.140. The summed E-state index contributed by atoms with van der Waals surface area (Å²) in [4.78, 5) is 11.0. The zero-order valence-corrected chi connectivity index (χ0v) is 11.5. The molecule has 0 saturated carbocycles. The Labute approximate surface area is 108 Å². The molecule has 0 amide bonds. The summed E-state index contributed by atoms with van der Waals surface area (Å²) < 4.78 is 30.1. The average molecular weight is 279 g/mol. The molecule has 0 radical (unpaired) electrons. The van der Waals surface area contributed by atoms with E-state index >= 15 is 0 Å². The van der Waals surface area contributed by atoms with E-state index in [1.54, 1.807) is 0 Å². The molecule has 6 nitrogen and oxygen atoms in total. The molecular weight excluding hydrogens is 258 g/mol. The Balaban J connectivity index is 2.65. The Kier molecular flexibility index (Phi) is 6.04. The van der Waals surface area contributed by atoms with Gasteiger partial charge >= 0.3 is 5.97 Å². The molecule has 1 rings (SSSR count). The first-order valence-corrected chi connectivity index (χ1v) is 7.79. The van der Waals surface area contributed by atoms with Gasteiger partial charge in [-0.3, -0.25) is 4.79 Å². The Hall–Kier alpha value is -0.660. The van der Waals surface area contributed by atoms with Crippen molar-refractivity contribution in [3.63, 3.8) is 0 Å². The van der Waals surface area contributed by atoms with Crippen LogP contribution >= 0.6 is 0 Å². The number of hydrogen-bond acceptors (Lipinski definition) is 5. The predicted octanol–water partition coefficient (Wildman–Crippen LogP) is 0.116. The molecule has 1 aliphatic heterocycles. The van der Waals surface area contributed by atoms with Gasteiger partial charge in [0.2, 0.25) is 10.0 Å². The minimum absolute atomic E-state index is 0.0202. The highest BCUT2D eigenvalue weighted by Gasteiger charge is 2.31. The molecule has 0 aromatic heterocycles. The lowest BCUT2D eigenvalue weighted by Crippen LogP contribution is -2.45. The molecular formula is C11H21NO5S. The fourth-order valence-electron chi connectivity index (χ4n) is 2.21. The van der Waals surface area contributed by atoms with Crippen LogP contribution in [0.3, 0.4) is 0 Å². The monoisotopic (exact) mass is 279 g/mol. The molecule has 0 spiro atoms. The van der Waals surface area contributed by atoms with Crippen LogP contribution in [0.15, 0.2) is 0 Å². The number of sulfonamides is 1. The molecule has 1 heterocycles. The molecule has 1 atom stereocenters. The second-order valence-electron chi connectivity index (χ2n) is 4.41. The van der Waals surface area contributed by atoms with Gasteiger partial charge in [0.25, 0.3) is 0 Å². The van der Waals surface area contributed by atoms with Crippen molar-refractivity contribution < 1.29 is 23.1 Å². The van der Waals surface area contributed by atoms with Crippen molar-refractivity contribution in [3.05, 3.63) is 0 Å². The van der Waals surface area contributed by atoms with E-state index in [1.807, 2.05) is 0 Å². The zero-order valence-electron chi connectivity index (χ0n) is 10.7. The van der Waals surface area contributed by atoms with Gasteiger partial charge in [-0.1, -0.05) is 6.42 Å². The van der Waals surface area contributed by atoms with Crippen molar-refractivity contribution in [2.45, 2.75) is 38.1 Å². The molecule has 1 aliphatic rings. The number of nitrogens with zero attached hydrogens (tertiary/aromatic N) is 1. The Morgan fingerprint density at radius 3 is 2.78 bits per heavy atom. The summed E-state index contributed by atoms with van der Waals surface area (Å²) in [5.74, 6) is -0.740. The maximum Gasteiger partial charge on any atom is 0.306 e. The maximum atomic E-state index is 12.1. The zero-order chi connectivity index (χ0) is 13.6. The number of methoxy groups -OCH3 is 1. The van der Waals surface area contributed by atoms with E-state index < -0.39 is 16.0 Å². The average Bonchev–Trinajstić information content (AvgIpc) is 2.37. The standard InChI is InChI=1S/C11H21NO5S/c1-17-11(14)6-9-18(15,16)12-7-3-2-4-10(12)5-8-13/h10,13H,2-9H2,1H3. The molecule has 1 fully saturated rings. The number of carbonyl (C=O) groups is 1. The lowest BCUT2D eigenvalue weighted by atomic mass is 10.0. The van der Waals surface area contributed by atoms with Crippen molar-refractivity contribution in [1.29, 1.82) is 0 Å². The van der Waals surface area contributed by atoms with Gasteiger partial charge in [-0.05, 0) is 19.3 Å². The number of hydrogen-bond donors (Lipinski definition) is 1. The molecule has 1 saturated heterocycles. The minimum Gasteiger partial charge on any atom is -0.469 e. The molecule has 0 aliphatic carbocycles. The summed E-state index contributed by atoms with van der Waals surface area (Å²) in [5, 5.41) is 8.96. The SMILES string of the molecule is COC(=O)CCS(=O)(=O)N1CCCCC1CCO. The second kappa shape index (κ2) is 7.06. The van der Waals surface area contributed by atoms with Crippen molar-refractivity contribution in [1.82, 2.24) is 4.31 Å². The number of aliphatic hydroxyl groups is 1. The van der Waals surface area contributed by atoms with Gasteiger partial charge in [-0.25, -0.2) is 8.42 Å². The van der Waals surface area contributed by atoms with E-state index in [-0.39, 0.29) is 24.8 Å². The quantitative estimate of drug-likeness (QED) is 0.698. The van der Waals surface area contributed by atoms with E-state index in [2.05, 4.69) is 4.74 Å². The van der Waals surface area contributed by atoms with Gasteiger partial charge in [0, 0.05) is 19.2 Å². The van der Waals surface area contributed by atoms with Crippen molar-refractivity contribution in [3.8, 4) is 0 Å². The fourth-order valence-corrected chi connectivity index (χ4v) is 3.94. The molecule has 1 N–H and O–H groups in total. The Morgan fingerprint density at radius 2 is 2.17 bits per heavy atom. The fraction of sp³-hybridized carbons (Fsp3) is 0.909. The van der Waals surface area contributed by atoms with Gasteiger partial charge in [-0.2, -0.15) is 4.31 Å². The summed E-state index contributed by atoms with van der Waals surface area (Å²) in [6.45, 7) is 0.460. The minimum atomic E-state index is -3.44.